The Hall–Kier alpha value is -1.91. The van der Waals surface area contributed by atoms with E-state index in [9.17, 15) is 25.2 Å². The second-order valence-corrected chi connectivity index (χ2v) is 5.73. The lowest BCUT2D eigenvalue weighted by molar-refractivity contribution is -0.291. The monoisotopic (exact) mass is 358 g/mol. The van der Waals surface area contributed by atoms with Gasteiger partial charge in [-0.1, -0.05) is 12.2 Å². The number of rotatable bonds is 6. The maximum Gasteiger partial charge on any atom is 0.327 e. The first-order chi connectivity index (χ1) is 11.9. The summed E-state index contributed by atoms with van der Waals surface area (Å²) in [7, 11) is 1.42. The van der Waals surface area contributed by atoms with Gasteiger partial charge in [0, 0.05) is 18.4 Å². The van der Waals surface area contributed by atoms with E-state index in [1.807, 2.05) is 0 Å². The fraction of sp³-hybridized carbons (Fsp3) is 0.562. The molecule has 0 aromatic heterocycles. The topological polar surface area (TPSA) is 146 Å². The van der Waals surface area contributed by atoms with Gasteiger partial charge in [0.05, 0.1) is 13.7 Å². The predicted octanol–water partition coefficient (Wildman–Crippen LogP) is -1.12. The third kappa shape index (κ3) is 4.59. The number of carboxylic acids is 1. The molecule has 1 fully saturated rings. The van der Waals surface area contributed by atoms with Gasteiger partial charge in [-0.25, -0.2) is 4.79 Å². The zero-order valence-electron chi connectivity index (χ0n) is 13.6. The molecule has 1 heterocycles. The molecule has 5 N–H and O–H groups in total. The molecule has 0 radical (unpaired) electrons. The molecule has 2 rings (SSSR count). The van der Waals surface area contributed by atoms with Crippen LogP contribution < -0.4 is 0 Å². The molecule has 1 saturated heterocycles. The highest BCUT2D eigenvalue weighted by Gasteiger charge is 2.45. The van der Waals surface area contributed by atoms with Crippen LogP contribution in [0.4, 0.5) is 0 Å². The highest BCUT2D eigenvalue weighted by molar-refractivity contribution is 5.79. The van der Waals surface area contributed by atoms with Crippen LogP contribution in [0, 0.1) is 5.92 Å². The molecule has 0 aromatic carbocycles. The summed E-state index contributed by atoms with van der Waals surface area (Å²) >= 11 is 0. The van der Waals surface area contributed by atoms with Gasteiger partial charge in [0.1, 0.15) is 30.2 Å². The largest absolute Gasteiger partial charge is 0.497 e. The minimum Gasteiger partial charge on any atom is -0.497 e. The second-order valence-electron chi connectivity index (χ2n) is 5.73. The number of hydrogen-bond donors (Lipinski definition) is 5. The van der Waals surface area contributed by atoms with Crippen LogP contribution in [0.2, 0.25) is 0 Å². The van der Waals surface area contributed by atoms with E-state index in [2.05, 4.69) is 0 Å². The minimum atomic E-state index is -1.54. The van der Waals surface area contributed by atoms with Gasteiger partial charge in [0.15, 0.2) is 5.76 Å². The van der Waals surface area contributed by atoms with E-state index in [4.69, 9.17) is 19.3 Å². The SMILES string of the molecule is COC1=C(O[C@@H]2O[C@H](CO)[C@@H](O)[C@H](O)[C@H]2O)C=CC(C=CC(=O)O)C1. The van der Waals surface area contributed by atoms with Crippen LogP contribution in [0.1, 0.15) is 6.42 Å². The Bertz CT molecular complexity index is 566. The third-order valence-electron chi connectivity index (χ3n) is 4.01. The molecule has 0 spiro atoms. The Morgan fingerprint density at radius 2 is 2.04 bits per heavy atom. The Morgan fingerprint density at radius 1 is 1.32 bits per heavy atom. The summed E-state index contributed by atoms with van der Waals surface area (Å²) in [6.07, 6.45) is -0.814. The number of aliphatic hydroxyl groups is 4. The molecule has 1 aliphatic carbocycles. The van der Waals surface area contributed by atoms with Gasteiger partial charge in [0.25, 0.3) is 0 Å². The summed E-state index contributed by atoms with van der Waals surface area (Å²) in [4.78, 5) is 10.6. The van der Waals surface area contributed by atoms with Crippen LogP contribution in [0.5, 0.6) is 0 Å². The number of hydrogen-bond acceptors (Lipinski definition) is 8. The number of carboxylic acid groups (broad SMARTS) is 1. The average molecular weight is 358 g/mol. The van der Waals surface area contributed by atoms with Crippen molar-refractivity contribution in [2.75, 3.05) is 13.7 Å². The first-order valence-corrected chi connectivity index (χ1v) is 7.71. The van der Waals surface area contributed by atoms with Crippen LogP contribution in [-0.2, 0) is 19.0 Å². The van der Waals surface area contributed by atoms with E-state index < -0.39 is 43.3 Å². The van der Waals surface area contributed by atoms with Crippen LogP contribution in [0.3, 0.4) is 0 Å². The van der Waals surface area contributed by atoms with Gasteiger partial charge in [-0.2, -0.15) is 0 Å². The summed E-state index contributed by atoms with van der Waals surface area (Å²) in [6, 6.07) is 0. The second kappa shape index (κ2) is 8.45. The van der Waals surface area contributed by atoms with Crippen LogP contribution in [-0.4, -0.2) is 75.9 Å². The van der Waals surface area contributed by atoms with Crippen molar-refractivity contribution < 1.29 is 44.5 Å². The number of allylic oxidation sites excluding steroid dienone is 4. The smallest absolute Gasteiger partial charge is 0.327 e. The molecule has 2 aliphatic rings. The quantitative estimate of drug-likeness (QED) is 0.373. The fourth-order valence-corrected chi connectivity index (χ4v) is 2.60. The Kier molecular flexibility index (Phi) is 6.57. The van der Waals surface area contributed by atoms with Gasteiger partial charge in [-0.3, -0.25) is 0 Å². The number of methoxy groups -OCH3 is 1. The van der Waals surface area contributed by atoms with Crippen molar-refractivity contribution in [1.82, 2.24) is 0 Å². The van der Waals surface area contributed by atoms with Crippen LogP contribution in [0.25, 0.3) is 0 Å². The predicted molar refractivity (Wildman–Crippen MR) is 82.9 cm³/mol. The molecule has 9 heteroatoms. The number of aliphatic hydroxyl groups excluding tert-OH is 4. The number of aliphatic carboxylic acids is 1. The lowest BCUT2D eigenvalue weighted by Crippen LogP contribution is -2.59. The molecule has 0 bridgehead atoms. The van der Waals surface area contributed by atoms with E-state index in [0.29, 0.717) is 12.2 Å². The number of ether oxygens (including phenoxy) is 3. The van der Waals surface area contributed by atoms with Crippen LogP contribution in [0.15, 0.2) is 35.8 Å². The summed E-state index contributed by atoms with van der Waals surface area (Å²) < 4.78 is 16.1. The van der Waals surface area contributed by atoms with Gasteiger partial charge >= 0.3 is 5.97 Å². The summed E-state index contributed by atoms with van der Waals surface area (Å²) in [5, 5.41) is 47.4. The lowest BCUT2D eigenvalue weighted by atomic mass is 9.97. The molecule has 1 unspecified atom stereocenters. The molecule has 0 saturated carbocycles. The lowest BCUT2D eigenvalue weighted by Gasteiger charge is -2.40. The minimum absolute atomic E-state index is 0.201. The first kappa shape index (κ1) is 19.4. The molecular formula is C16H22O9. The molecule has 140 valence electrons. The Balaban J connectivity index is 2.10. The molecule has 1 aliphatic heterocycles. The molecule has 0 aromatic rings. The summed E-state index contributed by atoms with van der Waals surface area (Å²) in [6.45, 7) is -0.557. The van der Waals surface area contributed by atoms with Crippen molar-refractivity contribution in [3.63, 3.8) is 0 Å². The highest BCUT2D eigenvalue weighted by Crippen LogP contribution is 2.30. The van der Waals surface area contributed by atoms with Crippen molar-refractivity contribution in [2.45, 2.75) is 37.1 Å². The standard InChI is InChI=1S/C16H22O9/c1-23-10-6-8(3-5-12(18)19)2-4-9(10)24-16-15(22)14(21)13(20)11(7-17)25-16/h2-5,8,11,13-17,20-22H,6-7H2,1H3,(H,18,19)/t8?,11-,13-,14+,15-,16-/m1/s1. The zero-order chi connectivity index (χ0) is 18.6. The molecule has 25 heavy (non-hydrogen) atoms. The highest BCUT2D eigenvalue weighted by atomic mass is 16.7. The first-order valence-electron chi connectivity index (χ1n) is 7.71. The number of carbonyl (C=O) groups is 1. The van der Waals surface area contributed by atoms with Gasteiger partial charge < -0.3 is 39.7 Å². The summed E-state index contributed by atoms with van der Waals surface area (Å²) in [5.74, 6) is -0.612. The maximum absolute atomic E-state index is 10.6. The van der Waals surface area contributed by atoms with Crippen LogP contribution >= 0.6 is 0 Å². The van der Waals surface area contributed by atoms with Crippen molar-refractivity contribution in [2.24, 2.45) is 5.92 Å². The molecule has 6 atom stereocenters. The fourth-order valence-electron chi connectivity index (χ4n) is 2.60. The third-order valence-corrected chi connectivity index (χ3v) is 4.01. The van der Waals surface area contributed by atoms with E-state index >= 15 is 0 Å². The zero-order valence-corrected chi connectivity index (χ0v) is 13.6. The van der Waals surface area contributed by atoms with E-state index in [1.54, 1.807) is 12.2 Å². The molecular weight excluding hydrogens is 336 g/mol. The van der Waals surface area contributed by atoms with Crippen molar-refractivity contribution in [3.8, 4) is 0 Å². The van der Waals surface area contributed by atoms with Gasteiger partial charge in [-0.05, 0) is 6.08 Å². The van der Waals surface area contributed by atoms with Crippen molar-refractivity contribution in [3.05, 3.63) is 35.8 Å². The molecule has 9 nitrogen and oxygen atoms in total. The maximum atomic E-state index is 10.6. The van der Waals surface area contributed by atoms with Crippen molar-refractivity contribution in [1.29, 1.82) is 0 Å². The van der Waals surface area contributed by atoms with Crippen molar-refractivity contribution >= 4 is 5.97 Å². The van der Waals surface area contributed by atoms with Gasteiger partial charge in [0.2, 0.25) is 6.29 Å². The average Bonchev–Trinajstić information content (AvgIpc) is 2.60. The summed E-state index contributed by atoms with van der Waals surface area (Å²) in [5.41, 5.74) is 0. The van der Waals surface area contributed by atoms with E-state index in [-0.39, 0.29) is 11.7 Å². The molecule has 0 amide bonds. The Labute approximate surface area is 144 Å². The normalized spacial score (nSPS) is 35.9. The van der Waals surface area contributed by atoms with E-state index in [1.165, 1.54) is 13.2 Å². The van der Waals surface area contributed by atoms with E-state index in [0.717, 1.165) is 6.08 Å². The Morgan fingerprint density at radius 3 is 2.64 bits per heavy atom. The van der Waals surface area contributed by atoms with Gasteiger partial charge in [-0.15, -0.1) is 0 Å².